The molecule has 1 fully saturated rings. The lowest BCUT2D eigenvalue weighted by Crippen LogP contribution is -2.35. The predicted octanol–water partition coefficient (Wildman–Crippen LogP) is 2.56. The van der Waals surface area contributed by atoms with E-state index in [0.717, 1.165) is 12.8 Å². The summed E-state index contributed by atoms with van der Waals surface area (Å²) in [6.45, 7) is 4.80. The van der Waals surface area contributed by atoms with Gasteiger partial charge < -0.3 is 5.32 Å². The van der Waals surface area contributed by atoms with Crippen LogP contribution in [0.15, 0.2) is 0 Å². The minimum atomic E-state index is 0.0793. The molecule has 0 aromatic rings. The molecule has 3 unspecified atom stereocenters. The average Bonchev–Trinajstić information content (AvgIpc) is 2.60. The molecule has 1 aliphatic rings. The fourth-order valence-electron chi connectivity index (χ4n) is 2.02. The standard InChI is InChI=1S/C11H20ClNO/c1-3-9(12)7-13-11(14)10-6-4-5-8(10)2/h8-10H,3-7H2,1-2H3,(H,13,14). The SMILES string of the molecule is CCC(Cl)CNC(=O)C1CCCC1C. The van der Waals surface area contributed by atoms with Crippen molar-refractivity contribution in [2.24, 2.45) is 11.8 Å². The number of hydrogen-bond acceptors (Lipinski definition) is 1. The molecule has 1 N–H and O–H groups in total. The minimum Gasteiger partial charge on any atom is -0.354 e. The molecule has 0 aliphatic heterocycles. The summed E-state index contributed by atoms with van der Waals surface area (Å²) in [5, 5.41) is 3.01. The molecule has 3 heteroatoms. The Morgan fingerprint density at radius 3 is 2.79 bits per heavy atom. The zero-order valence-corrected chi connectivity index (χ0v) is 9.81. The Hall–Kier alpha value is -0.240. The second-order valence-electron chi connectivity index (χ2n) is 4.27. The van der Waals surface area contributed by atoms with Gasteiger partial charge in [0.1, 0.15) is 0 Å². The summed E-state index contributed by atoms with van der Waals surface area (Å²) in [4.78, 5) is 11.7. The van der Waals surface area contributed by atoms with E-state index in [-0.39, 0.29) is 17.2 Å². The first-order chi connectivity index (χ1) is 6.65. The van der Waals surface area contributed by atoms with E-state index in [0.29, 0.717) is 12.5 Å². The number of halogens is 1. The highest BCUT2D eigenvalue weighted by Gasteiger charge is 2.29. The van der Waals surface area contributed by atoms with Crippen molar-refractivity contribution in [1.82, 2.24) is 5.32 Å². The molecule has 0 aromatic heterocycles. The first-order valence-corrected chi connectivity index (χ1v) is 6.00. The van der Waals surface area contributed by atoms with Gasteiger partial charge in [-0.3, -0.25) is 4.79 Å². The van der Waals surface area contributed by atoms with Crippen LogP contribution in [0.1, 0.15) is 39.5 Å². The molecule has 1 amide bonds. The van der Waals surface area contributed by atoms with Crippen LogP contribution in [0.3, 0.4) is 0 Å². The highest BCUT2D eigenvalue weighted by Crippen LogP contribution is 2.31. The van der Waals surface area contributed by atoms with E-state index in [1.807, 2.05) is 6.92 Å². The second kappa shape index (κ2) is 5.59. The van der Waals surface area contributed by atoms with Crippen LogP contribution in [0, 0.1) is 11.8 Å². The number of alkyl halides is 1. The molecule has 14 heavy (non-hydrogen) atoms. The summed E-state index contributed by atoms with van der Waals surface area (Å²) < 4.78 is 0. The molecular formula is C11H20ClNO. The summed E-state index contributed by atoms with van der Waals surface area (Å²) in [6, 6.07) is 0. The Morgan fingerprint density at radius 1 is 1.57 bits per heavy atom. The number of hydrogen-bond donors (Lipinski definition) is 1. The van der Waals surface area contributed by atoms with Gasteiger partial charge in [0.2, 0.25) is 5.91 Å². The largest absolute Gasteiger partial charge is 0.354 e. The molecular weight excluding hydrogens is 198 g/mol. The Labute approximate surface area is 91.4 Å². The summed E-state index contributed by atoms with van der Waals surface area (Å²) in [6.07, 6.45) is 4.33. The first kappa shape index (κ1) is 11.8. The van der Waals surface area contributed by atoms with Crippen LogP contribution in [0.2, 0.25) is 0 Å². The topological polar surface area (TPSA) is 29.1 Å². The predicted molar refractivity (Wildman–Crippen MR) is 59.4 cm³/mol. The van der Waals surface area contributed by atoms with Crippen LogP contribution in [-0.2, 0) is 4.79 Å². The van der Waals surface area contributed by atoms with Crippen molar-refractivity contribution in [2.75, 3.05) is 6.54 Å². The molecule has 82 valence electrons. The van der Waals surface area contributed by atoms with Gasteiger partial charge in [0, 0.05) is 12.5 Å². The maximum Gasteiger partial charge on any atom is 0.223 e. The van der Waals surface area contributed by atoms with Gasteiger partial charge in [-0.25, -0.2) is 0 Å². The van der Waals surface area contributed by atoms with Crippen LogP contribution in [0.5, 0.6) is 0 Å². The number of carbonyl (C=O) groups is 1. The third kappa shape index (κ3) is 3.16. The monoisotopic (exact) mass is 217 g/mol. The molecule has 0 bridgehead atoms. The van der Waals surface area contributed by atoms with Gasteiger partial charge >= 0.3 is 0 Å². The zero-order chi connectivity index (χ0) is 10.6. The smallest absolute Gasteiger partial charge is 0.223 e. The molecule has 0 aromatic carbocycles. The van der Waals surface area contributed by atoms with Gasteiger partial charge in [-0.05, 0) is 25.2 Å². The van der Waals surface area contributed by atoms with Gasteiger partial charge in [0.15, 0.2) is 0 Å². The summed E-state index contributed by atoms with van der Waals surface area (Å²) >= 11 is 5.94. The Balaban J connectivity index is 2.27. The van der Waals surface area contributed by atoms with Gasteiger partial charge in [0.25, 0.3) is 0 Å². The minimum absolute atomic E-state index is 0.0793. The molecule has 2 nitrogen and oxygen atoms in total. The van der Waals surface area contributed by atoms with E-state index in [1.165, 1.54) is 12.8 Å². The molecule has 1 aliphatic carbocycles. The van der Waals surface area contributed by atoms with Crippen LogP contribution in [-0.4, -0.2) is 17.8 Å². The number of nitrogens with one attached hydrogen (secondary N) is 1. The molecule has 0 radical (unpaired) electrons. The molecule has 1 saturated carbocycles. The van der Waals surface area contributed by atoms with E-state index in [4.69, 9.17) is 11.6 Å². The van der Waals surface area contributed by atoms with Crippen LogP contribution in [0.25, 0.3) is 0 Å². The van der Waals surface area contributed by atoms with Crippen molar-refractivity contribution in [1.29, 1.82) is 0 Å². The van der Waals surface area contributed by atoms with E-state index in [1.54, 1.807) is 0 Å². The van der Waals surface area contributed by atoms with E-state index < -0.39 is 0 Å². The quantitative estimate of drug-likeness (QED) is 0.721. The third-order valence-corrected chi connectivity index (χ3v) is 3.60. The lowest BCUT2D eigenvalue weighted by Gasteiger charge is -2.16. The first-order valence-electron chi connectivity index (χ1n) is 5.57. The van der Waals surface area contributed by atoms with E-state index in [2.05, 4.69) is 12.2 Å². The van der Waals surface area contributed by atoms with Crippen molar-refractivity contribution < 1.29 is 4.79 Å². The number of amides is 1. The number of carbonyl (C=O) groups excluding carboxylic acids is 1. The molecule has 0 heterocycles. The number of rotatable bonds is 4. The van der Waals surface area contributed by atoms with Crippen LogP contribution in [0.4, 0.5) is 0 Å². The highest BCUT2D eigenvalue weighted by atomic mass is 35.5. The summed E-state index contributed by atoms with van der Waals surface area (Å²) in [7, 11) is 0. The lowest BCUT2D eigenvalue weighted by molar-refractivity contribution is -0.125. The van der Waals surface area contributed by atoms with E-state index >= 15 is 0 Å². The summed E-state index contributed by atoms with van der Waals surface area (Å²) in [5.74, 6) is 0.982. The fourth-order valence-corrected chi connectivity index (χ4v) is 2.10. The van der Waals surface area contributed by atoms with Gasteiger partial charge in [-0.1, -0.05) is 20.3 Å². The third-order valence-electron chi connectivity index (χ3n) is 3.14. The van der Waals surface area contributed by atoms with Gasteiger partial charge in [-0.15, -0.1) is 11.6 Å². The molecule has 0 spiro atoms. The van der Waals surface area contributed by atoms with Gasteiger partial charge in [-0.2, -0.15) is 0 Å². The zero-order valence-electron chi connectivity index (χ0n) is 9.05. The van der Waals surface area contributed by atoms with Crippen molar-refractivity contribution in [3.63, 3.8) is 0 Å². The average molecular weight is 218 g/mol. The Kier molecular flexibility index (Phi) is 4.73. The van der Waals surface area contributed by atoms with Crippen LogP contribution < -0.4 is 5.32 Å². The Morgan fingerprint density at radius 2 is 2.29 bits per heavy atom. The highest BCUT2D eigenvalue weighted by molar-refractivity contribution is 6.20. The fraction of sp³-hybridized carbons (Fsp3) is 0.909. The maximum atomic E-state index is 11.7. The second-order valence-corrected chi connectivity index (χ2v) is 4.88. The molecule has 0 saturated heterocycles. The van der Waals surface area contributed by atoms with Crippen molar-refractivity contribution in [3.05, 3.63) is 0 Å². The Bertz CT molecular complexity index is 196. The molecule has 3 atom stereocenters. The maximum absolute atomic E-state index is 11.7. The van der Waals surface area contributed by atoms with Crippen LogP contribution >= 0.6 is 11.6 Å². The van der Waals surface area contributed by atoms with E-state index in [9.17, 15) is 4.79 Å². The van der Waals surface area contributed by atoms with Gasteiger partial charge in [0.05, 0.1) is 5.38 Å². The lowest BCUT2D eigenvalue weighted by atomic mass is 9.97. The molecule has 1 rings (SSSR count). The van der Waals surface area contributed by atoms with Crippen molar-refractivity contribution in [2.45, 2.75) is 44.9 Å². The van der Waals surface area contributed by atoms with Crippen molar-refractivity contribution in [3.8, 4) is 0 Å². The normalized spacial score (nSPS) is 28.8. The summed E-state index contributed by atoms with van der Waals surface area (Å²) in [5.41, 5.74) is 0. The van der Waals surface area contributed by atoms with Crippen molar-refractivity contribution >= 4 is 17.5 Å².